The molecule has 1 heterocycles. The number of nitrogens with one attached hydrogen (secondary N) is 1. The molecule has 0 unspecified atom stereocenters. The van der Waals surface area contributed by atoms with Gasteiger partial charge in [-0.05, 0) is 42.8 Å². The lowest BCUT2D eigenvalue weighted by molar-refractivity contribution is 0.102. The minimum atomic E-state index is -0.973. The van der Waals surface area contributed by atoms with E-state index in [4.69, 9.17) is 11.6 Å². The third-order valence-electron chi connectivity index (χ3n) is 3.37. The Kier molecular flexibility index (Phi) is 5.39. The smallest absolute Gasteiger partial charge is 0.286 e. The van der Waals surface area contributed by atoms with E-state index in [-0.39, 0.29) is 10.0 Å². The van der Waals surface area contributed by atoms with Crippen LogP contribution in [0.3, 0.4) is 0 Å². The molecule has 1 N–H and O–H groups in total. The van der Waals surface area contributed by atoms with Gasteiger partial charge < -0.3 is 5.32 Å². The molecule has 0 aliphatic carbocycles. The monoisotopic (exact) mass is 391 g/mol. The van der Waals surface area contributed by atoms with Crippen LogP contribution in [0.15, 0.2) is 42.5 Å². The van der Waals surface area contributed by atoms with Gasteiger partial charge in [-0.2, -0.15) is 0 Å². The van der Waals surface area contributed by atoms with Gasteiger partial charge in [-0.25, -0.2) is 8.78 Å². The Labute approximate surface area is 157 Å². The van der Waals surface area contributed by atoms with Crippen molar-refractivity contribution in [3.8, 4) is 0 Å². The largest absolute Gasteiger partial charge is 0.320 e. The summed E-state index contributed by atoms with van der Waals surface area (Å²) in [4.78, 5) is 12.2. The molecule has 0 bridgehead atoms. The Morgan fingerprint density at radius 3 is 2.46 bits per heavy atom. The highest BCUT2D eigenvalue weighted by Gasteiger charge is 2.15. The number of anilines is 1. The predicted octanol–water partition coefficient (Wildman–Crippen LogP) is 5.11. The van der Waals surface area contributed by atoms with Crippen LogP contribution in [0, 0.1) is 18.6 Å². The fraction of sp³-hybridized carbons (Fsp3) is 0.0556. The van der Waals surface area contributed by atoms with Crippen molar-refractivity contribution in [3.63, 3.8) is 0 Å². The second-order valence-corrected chi connectivity index (χ2v) is 6.78. The number of hydrogen-bond donors (Lipinski definition) is 1. The van der Waals surface area contributed by atoms with Crippen LogP contribution in [0.2, 0.25) is 0 Å². The molecule has 4 nitrogen and oxygen atoms in total. The van der Waals surface area contributed by atoms with E-state index < -0.39 is 17.5 Å². The number of hydrogen-bond acceptors (Lipinski definition) is 4. The average Bonchev–Trinajstić information content (AvgIpc) is 3.10. The summed E-state index contributed by atoms with van der Waals surface area (Å²) < 4.78 is 26.2. The lowest BCUT2D eigenvalue weighted by Gasteiger charge is -2.02. The molecule has 3 aromatic rings. The maximum absolute atomic E-state index is 13.2. The highest BCUT2D eigenvalue weighted by molar-refractivity contribution is 7.15. The Bertz CT molecular complexity index is 986. The third kappa shape index (κ3) is 4.30. The Balaban J connectivity index is 1.75. The molecule has 1 aromatic heterocycles. The first-order chi connectivity index (χ1) is 12.4. The summed E-state index contributed by atoms with van der Waals surface area (Å²) >= 11 is 7.15. The van der Waals surface area contributed by atoms with E-state index in [1.165, 1.54) is 12.1 Å². The van der Waals surface area contributed by atoms with Crippen LogP contribution in [-0.2, 0) is 0 Å². The summed E-state index contributed by atoms with van der Waals surface area (Å²) in [6.45, 7) is 1.95. The normalized spacial score (nSPS) is 11.5. The highest BCUT2D eigenvalue weighted by Crippen LogP contribution is 2.26. The van der Waals surface area contributed by atoms with Crippen molar-refractivity contribution in [1.82, 2.24) is 10.2 Å². The first-order valence-corrected chi connectivity index (χ1v) is 8.66. The zero-order valence-corrected chi connectivity index (χ0v) is 15.0. The van der Waals surface area contributed by atoms with E-state index in [0.717, 1.165) is 29.0 Å². The Hall–Kier alpha value is -2.64. The summed E-state index contributed by atoms with van der Waals surface area (Å²) in [5, 5.41) is 11.0. The van der Waals surface area contributed by atoms with Crippen molar-refractivity contribution in [2.24, 2.45) is 0 Å². The molecule has 2 aromatic carbocycles. The van der Waals surface area contributed by atoms with E-state index in [1.54, 1.807) is 12.1 Å². The van der Waals surface area contributed by atoms with Crippen molar-refractivity contribution >= 4 is 45.6 Å². The molecule has 0 spiro atoms. The number of rotatable bonds is 4. The van der Waals surface area contributed by atoms with E-state index in [0.29, 0.717) is 16.3 Å². The van der Waals surface area contributed by atoms with Gasteiger partial charge in [0.05, 0.1) is 5.03 Å². The predicted molar refractivity (Wildman–Crippen MR) is 99.1 cm³/mol. The molecule has 0 fully saturated rings. The van der Waals surface area contributed by atoms with Gasteiger partial charge in [0.1, 0.15) is 0 Å². The molecule has 0 aliphatic heterocycles. The summed E-state index contributed by atoms with van der Waals surface area (Å²) in [5.74, 6) is -2.32. The van der Waals surface area contributed by atoms with Crippen LogP contribution >= 0.6 is 22.9 Å². The van der Waals surface area contributed by atoms with Crippen molar-refractivity contribution in [2.45, 2.75) is 6.92 Å². The van der Waals surface area contributed by atoms with Crippen LogP contribution in [0.4, 0.5) is 14.5 Å². The Morgan fingerprint density at radius 1 is 1.08 bits per heavy atom. The number of nitrogens with zero attached hydrogens (tertiary/aromatic N) is 2. The molecular formula is C18H12ClF2N3OS. The van der Waals surface area contributed by atoms with Crippen LogP contribution in [0.1, 0.15) is 25.9 Å². The molecule has 0 atom stereocenters. The zero-order valence-electron chi connectivity index (χ0n) is 13.5. The number of aromatic nitrogens is 2. The van der Waals surface area contributed by atoms with Crippen molar-refractivity contribution in [3.05, 3.63) is 75.2 Å². The summed E-state index contributed by atoms with van der Waals surface area (Å²) in [7, 11) is 0. The van der Waals surface area contributed by atoms with E-state index in [2.05, 4.69) is 15.5 Å². The standard InChI is InChI=1S/C18H12ClF2N3OS/c1-10-2-5-12(6-3-10)22-16(25)18-24-23-17(26-18)13(19)8-11-4-7-14(20)15(21)9-11/h2-9H,1H3,(H,22,25)/b13-8-. The van der Waals surface area contributed by atoms with Gasteiger partial charge in [0, 0.05) is 5.69 Å². The highest BCUT2D eigenvalue weighted by atomic mass is 35.5. The quantitative estimate of drug-likeness (QED) is 0.672. The van der Waals surface area contributed by atoms with Gasteiger partial charge in [0.2, 0.25) is 5.01 Å². The summed E-state index contributed by atoms with van der Waals surface area (Å²) in [6, 6.07) is 10.7. The maximum Gasteiger partial charge on any atom is 0.286 e. The second-order valence-electron chi connectivity index (χ2n) is 5.40. The van der Waals surface area contributed by atoms with E-state index >= 15 is 0 Å². The van der Waals surface area contributed by atoms with Crippen LogP contribution in [0.5, 0.6) is 0 Å². The minimum absolute atomic E-state index is 0.136. The number of carbonyl (C=O) groups excluding carboxylic acids is 1. The molecule has 0 saturated heterocycles. The molecule has 132 valence electrons. The molecule has 1 amide bonds. The molecular weight excluding hydrogens is 380 g/mol. The summed E-state index contributed by atoms with van der Waals surface area (Å²) in [5.41, 5.74) is 2.09. The van der Waals surface area contributed by atoms with Gasteiger partial charge in [-0.15, -0.1) is 10.2 Å². The molecule has 8 heteroatoms. The topological polar surface area (TPSA) is 54.9 Å². The molecule has 3 rings (SSSR count). The van der Waals surface area contributed by atoms with Gasteiger partial charge in [-0.1, -0.05) is 46.7 Å². The van der Waals surface area contributed by atoms with Gasteiger partial charge in [0.25, 0.3) is 5.91 Å². The first kappa shape index (κ1) is 18.2. The minimum Gasteiger partial charge on any atom is -0.320 e. The maximum atomic E-state index is 13.2. The van der Waals surface area contributed by atoms with Gasteiger partial charge in [-0.3, -0.25) is 4.79 Å². The molecule has 0 aliphatic rings. The number of amides is 1. The lowest BCUT2D eigenvalue weighted by Crippen LogP contribution is -2.11. The second kappa shape index (κ2) is 7.72. The van der Waals surface area contributed by atoms with E-state index in [1.807, 2.05) is 19.1 Å². The summed E-state index contributed by atoms with van der Waals surface area (Å²) in [6.07, 6.45) is 1.42. The third-order valence-corrected chi connectivity index (χ3v) is 4.73. The van der Waals surface area contributed by atoms with Crippen molar-refractivity contribution in [2.75, 3.05) is 5.32 Å². The average molecular weight is 392 g/mol. The van der Waals surface area contributed by atoms with E-state index in [9.17, 15) is 13.6 Å². The first-order valence-electron chi connectivity index (χ1n) is 7.46. The number of carbonyl (C=O) groups is 1. The number of aryl methyl sites for hydroxylation is 1. The fourth-order valence-electron chi connectivity index (χ4n) is 2.04. The molecule has 26 heavy (non-hydrogen) atoms. The number of halogens is 3. The van der Waals surface area contributed by atoms with Crippen molar-refractivity contribution < 1.29 is 13.6 Å². The Morgan fingerprint density at radius 2 is 1.77 bits per heavy atom. The lowest BCUT2D eigenvalue weighted by atomic mass is 10.2. The van der Waals surface area contributed by atoms with Gasteiger partial charge >= 0.3 is 0 Å². The molecule has 0 saturated carbocycles. The zero-order chi connectivity index (χ0) is 18.7. The van der Waals surface area contributed by atoms with Gasteiger partial charge in [0.15, 0.2) is 16.6 Å². The van der Waals surface area contributed by atoms with Crippen molar-refractivity contribution in [1.29, 1.82) is 0 Å². The van der Waals surface area contributed by atoms with Crippen LogP contribution in [0.25, 0.3) is 11.1 Å². The SMILES string of the molecule is Cc1ccc(NC(=O)c2nnc(/C(Cl)=C/c3ccc(F)c(F)c3)s2)cc1. The number of benzene rings is 2. The molecule has 0 radical (unpaired) electrons. The fourth-order valence-corrected chi connectivity index (χ4v) is 2.97. The van der Waals surface area contributed by atoms with Crippen LogP contribution in [-0.4, -0.2) is 16.1 Å². The van der Waals surface area contributed by atoms with Crippen LogP contribution < -0.4 is 5.32 Å².